The van der Waals surface area contributed by atoms with E-state index in [0.717, 1.165) is 18.5 Å². The van der Waals surface area contributed by atoms with Crippen LogP contribution in [0, 0.1) is 5.92 Å². The molecule has 0 atom stereocenters. The number of hydrogen-bond donors (Lipinski definition) is 2. The fraction of sp³-hybridized carbons (Fsp3) is 0.636. The number of nitrogens with two attached hydrogens (primary N) is 1. The molecule has 0 aliphatic heterocycles. The minimum atomic E-state index is 0.231. The zero-order valence-corrected chi connectivity index (χ0v) is 9.35. The van der Waals surface area contributed by atoms with Gasteiger partial charge in [-0.3, -0.25) is 4.79 Å². The molecule has 1 amide bonds. The Hall–Kier alpha value is -1.36. The van der Waals surface area contributed by atoms with Gasteiger partial charge in [0.05, 0.1) is 18.6 Å². The Morgan fingerprint density at radius 1 is 1.62 bits per heavy atom. The van der Waals surface area contributed by atoms with Crippen LogP contribution in [0.3, 0.4) is 0 Å². The molecule has 0 bridgehead atoms. The van der Waals surface area contributed by atoms with E-state index in [2.05, 4.69) is 9.97 Å². The van der Waals surface area contributed by atoms with Crippen molar-refractivity contribution in [3.63, 3.8) is 0 Å². The molecule has 2 rings (SSSR count). The minimum Gasteiger partial charge on any atom is -0.347 e. The van der Waals surface area contributed by atoms with Crippen LogP contribution in [0.15, 0.2) is 12.5 Å². The van der Waals surface area contributed by atoms with Gasteiger partial charge in [-0.05, 0) is 12.8 Å². The van der Waals surface area contributed by atoms with Crippen LogP contribution in [0.1, 0.15) is 25.0 Å². The molecule has 5 heteroatoms. The van der Waals surface area contributed by atoms with Crippen LogP contribution in [0.5, 0.6) is 0 Å². The highest BCUT2D eigenvalue weighted by atomic mass is 16.2. The van der Waals surface area contributed by atoms with E-state index >= 15 is 0 Å². The average Bonchev–Trinajstić information content (AvgIpc) is 2.67. The summed E-state index contributed by atoms with van der Waals surface area (Å²) in [6.45, 7) is 1.72. The molecule has 1 aliphatic carbocycles. The number of rotatable bonds is 5. The molecule has 1 heterocycles. The summed E-state index contributed by atoms with van der Waals surface area (Å²) < 4.78 is 0. The SMILES string of the molecule is NCCN(Cc1cnc[nH]1)C(=O)C1CCC1. The minimum absolute atomic E-state index is 0.231. The number of carbonyl (C=O) groups is 1. The summed E-state index contributed by atoms with van der Waals surface area (Å²) in [6, 6.07) is 0. The fourth-order valence-corrected chi connectivity index (χ4v) is 1.91. The Kier molecular flexibility index (Phi) is 3.56. The Balaban J connectivity index is 1.95. The molecule has 3 N–H and O–H groups in total. The van der Waals surface area contributed by atoms with E-state index in [9.17, 15) is 4.79 Å². The summed E-state index contributed by atoms with van der Waals surface area (Å²) in [5.74, 6) is 0.473. The Bertz CT molecular complexity index is 332. The van der Waals surface area contributed by atoms with E-state index in [0.29, 0.717) is 19.6 Å². The summed E-state index contributed by atoms with van der Waals surface area (Å²) in [6.07, 6.45) is 6.62. The molecular weight excluding hydrogens is 204 g/mol. The van der Waals surface area contributed by atoms with Gasteiger partial charge >= 0.3 is 0 Å². The van der Waals surface area contributed by atoms with Gasteiger partial charge in [0.15, 0.2) is 0 Å². The second kappa shape index (κ2) is 5.12. The smallest absolute Gasteiger partial charge is 0.226 e. The van der Waals surface area contributed by atoms with Gasteiger partial charge in [0.25, 0.3) is 0 Å². The second-order valence-electron chi connectivity index (χ2n) is 4.25. The average molecular weight is 222 g/mol. The highest BCUT2D eigenvalue weighted by Crippen LogP contribution is 2.28. The van der Waals surface area contributed by atoms with E-state index in [-0.39, 0.29) is 11.8 Å². The standard InChI is InChI=1S/C11H18N4O/c12-4-5-15(7-10-6-13-8-14-10)11(16)9-2-1-3-9/h6,8-9H,1-5,7,12H2,(H,13,14). The summed E-state index contributed by atoms with van der Waals surface area (Å²) in [5.41, 5.74) is 6.50. The summed E-state index contributed by atoms with van der Waals surface area (Å²) in [5, 5.41) is 0. The molecule has 88 valence electrons. The number of aromatic nitrogens is 2. The number of amides is 1. The molecule has 0 radical (unpaired) electrons. The van der Waals surface area contributed by atoms with Crippen molar-refractivity contribution in [3.05, 3.63) is 18.2 Å². The lowest BCUT2D eigenvalue weighted by Gasteiger charge is -2.31. The molecule has 1 fully saturated rings. The lowest BCUT2D eigenvalue weighted by molar-refractivity contribution is -0.138. The number of nitrogens with zero attached hydrogens (tertiary/aromatic N) is 2. The summed E-state index contributed by atoms with van der Waals surface area (Å²) in [4.78, 5) is 20.9. The fourth-order valence-electron chi connectivity index (χ4n) is 1.91. The molecule has 0 saturated heterocycles. The highest BCUT2D eigenvalue weighted by Gasteiger charge is 2.29. The van der Waals surface area contributed by atoms with Crippen molar-refractivity contribution in [2.24, 2.45) is 11.7 Å². The van der Waals surface area contributed by atoms with E-state index in [4.69, 9.17) is 5.73 Å². The van der Waals surface area contributed by atoms with Gasteiger partial charge in [0.2, 0.25) is 5.91 Å². The van der Waals surface area contributed by atoms with Gasteiger partial charge < -0.3 is 15.6 Å². The van der Waals surface area contributed by atoms with Gasteiger partial charge in [-0.15, -0.1) is 0 Å². The number of nitrogens with one attached hydrogen (secondary N) is 1. The number of carbonyl (C=O) groups excluding carboxylic acids is 1. The highest BCUT2D eigenvalue weighted by molar-refractivity contribution is 5.79. The van der Waals surface area contributed by atoms with Gasteiger partial charge in [0.1, 0.15) is 0 Å². The predicted octanol–water partition coefficient (Wildman–Crippen LogP) is 0.497. The third-order valence-electron chi connectivity index (χ3n) is 3.08. The van der Waals surface area contributed by atoms with E-state index in [1.807, 2.05) is 4.90 Å². The van der Waals surface area contributed by atoms with Gasteiger partial charge in [0, 0.05) is 25.2 Å². The molecule has 0 aromatic carbocycles. The normalized spacial score (nSPS) is 15.8. The van der Waals surface area contributed by atoms with Crippen LogP contribution in [-0.4, -0.2) is 33.9 Å². The first-order chi connectivity index (χ1) is 7.81. The van der Waals surface area contributed by atoms with Crippen molar-refractivity contribution < 1.29 is 4.79 Å². The van der Waals surface area contributed by atoms with Crippen molar-refractivity contribution in [1.82, 2.24) is 14.9 Å². The predicted molar refractivity (Wildman–Crippen MR) is 60.4 cm³/mol. The third-order valence-corrected chi connectivity index (χ3v) is 3.08. The molecule has 1 aromatic heterocycles. The lowest BCUT2D eigenvalue weighted by atomic mass is 9.84. The van der Waals surface area contributed by atoms with Crippen molar-refractivity contribution >= 4 is 5.91 Å². The second-order valence-corrected chi connectivity index (χ2v) is 4.25. The topological polar surface area (TPSA) is 75.0 Å². The third kappa shape index (κ3) is 2.41. The van der Waals surface area contributed by atoms with Crippen molar-refractivity contribution in [3.8, 4) is 0 Å². The zero-order valence-electron chi connectivity index (χ0n) is 9.35. The number of H-pyrrole nitrogens is 1. The molecule has 0 spiro atoms. The van der Waals surface area contributed by atoms with Gasteiger partial charge in [-0.2, -0.15) is 0 Å². The molecule has 5 nitrogen and oxygen atoms in total. The number of imidazole rings is 1. The first kappa shape index (κ1) is 11.1. The first-order valence-corrected chi connectivity index (χ1v) is 5.77. The molecule has 1 aromatic rings. The maximum Gasteiger partial charge on any atom is 0.226 e. The van der Waals surface area contributed by atoms with Crippen LogP contribution in [0.25, 0.3) is 0 Å². The van der Waals surface area contributed by atoms with Crippen LogP contribution >= 0.6 is 0 Å². The maximum atomic E-state index is 12.1. The van der Waals surface area contributed by atoms with Crippen LogP contribution in [-0.2, 0) is 11.3 Å². The zero-order chi connectivity index (χ0) is 11.4. The van der Waals surface area contributed by atoms with Crippen molar-refractivity contribution in [2.75, 3.05) is 13.1 Å². The van der Waals surface area contributed by atoms with Gasteiger partial charge in [-0.25, -0.2) is 4.98 Å². The molecule has 1 saturated carbocycles. The van der Waals surface area contributed by atoms with E-state index in [1.165, 1.54) is 6.42 Å². The molecule has 0 unspecified atom stereocenters. The Morgan fingerprint density at radius 2 is 2.44 bits per heavy atom. The molecule has 16 heavy (non-hydrogen) atoms. The molecule has 1 aliphatic rings. The monoisotopic (exact) mass is 222 g/mol. The van der Waals surface area contributed by atoms with Crippen molar-refractivity contribution in [2.45, 2.75) is 25.8 Å². The quantitative estimate of drug-likeness (QED) is 0.761. The van der Waals surface area contributed by atoms with Gasteiger partial charge in [-0.1, -0.05) is 6.42 Å². The Labute approximate surface area is 95.0 Å². The molecular formula is C11H18N4O. The van der Waals surface area contributed by atoms with E-state index < -0.39 is 0 Å². The van der Waals surface area contributed by atoms with E-state index in [1.54, 1.807) is 12.5 Å². The summed E-state index contributed by atoms with van der Waals surface area (Å²) >= 11 is 0. The first-order valence-electron chi connectivity index (χ1n) is 5.77. The lowest BCUT2D eigenvalue weighted by Crippen LogP contribution is -2.41. The van der Waals surface area contributed by atoms with Crippen LogP contribution in [0.2, 0.25) is 0 Å². The largest absolute Gasteiger partial charge is 0.347 e. The van der Waals surface area contributed by atoms with Crippen LogP contribution < -0.4 is 5.73 Å². The number of aromatic amines is 1. The maximum absolute atomic E-state index is 12.1. The summed E-state index contributed by atoms with van der Waals surface area (Å²) in [7, 11) is 0. The van der Waals surface area contributed by atoms with Crippen molar-refractivity contribution in [1.29, 1.82) is 0 Å². The van der Waals surface area contributed by atoms with Crippen LogP contribution in [0.4, 0.5) is 0 Å². The Morgan fingerprint density at radius 3 is 2.94 bits per heavy atom. The number of hydrogen-bond acceptors (Lipinski definition) is 3.